The van der Waals surface area contributed by atoms with Crippen molar-refractivity contribution in [1.82, 2.24) is 10.6 Å². The molecule has 2 rings (SSSR count). The Bertz CT molecular complexity index is 507. The summed E-state index contributed by atoms with van der Waals surface area (Å²) in [6.45, 7) is 6.89. The molecule has 1 aromatic rings. The van der Waals surface area contributed by atoms with Gasteiger partial charge in [0.2, 0.25) is 0 Å². The van der Waals surface area contributed by atoms with Gasteiger partial charge in [0.15, 0.2) is 5.96 Å². The molecule has 3 N–H and O–H groups in total. The molecule has 0 amide bonds. The number of halogens is 1. The second-order valence-electron chi connectivity index (χ2n) is 6.20. The Morgan fingerprint density at radius 2 is 2.09 bits per heavy atom. The molecule has 1 heterocycles. The zero-order chi connectivity index (χ0) is 15.5. The first-order valence-corrected chi connectivity index (χ1v) is 7.67. The maximum Gasteiger partial charge on any atom is 0.191 e. The van der Waals surface area contributed by atoms with E-state index in [1.165, 1.54) is 19.3 Å². The summed E-state index contributed by atoms with van der Waals surface area (Å²) in [5, 5.41) is 17.2. The van der Waals surface area contributed by atoms with E-state index < -0.39 is 5.60 Å². The van der Waals surface area contributed by atoms with Crippen LogP contribution in [0.2, 0.25) is 0 Å². The van der Waals surface area contributed by atoms with Crippen LogP contribution >= 0.6 is 24.0 Å². The van der Waals surface area contributed by atoms with E-state index in [1.807, 2.05) is 19.9 Å². The minimum atomic E-state index is -0.990. The fraction of sp³-hybridized carbons (Fsp3) is 0.688. The zero-order valence-corrected chi connectivity index (χ0v) is 16.2. The number of aliphatic imine (C=N–C) groups is 1. The first-order chi connectivity index (χ1) is 9.92. The largest absolute Gasteiger partial charge is 0.466 e. The van der Waals surface area contributed by atoms with Gasteiger partial charge in [-0.15, -0.1) is 24.0 Å². The van der Waals surface area contributed by atoms with Crippen LogP contribution < -0.4 is 10.6 Å². The van der Waals surface area contributed by atoms with Gasteiger partial charge in [-0.25, -0.2) is 0 Å². The van der Waals surface area contributed by atoms with Gasteiger partial charge in [0.25, 0.3) is 0 Å². The van der Waals surface area contributed by atoms with Gasteiger partial charge in [0.1, 0.15) is 17.1 Å². The van der Waals surface area contributed by atoms with Crippen molar-refractivity contribution in [2.45, 2.75) is 45.6 Å². The van der Waals surface area contributed by atoms with Gasteiger partial charge < -0.3 is 20.2 Å². The lowest BCUT2D eigenvalue weighted by atomic mass is 9.85. The Balaban J connectivity index is 0.00000242. The summed E-state index contributed by atoms with van der Waals surface area (Å²) in [5.74, 6) is 3.08. The summed E-state index contributed by atoms with van der Waals surface area (Å²) < 4.78 is 5.50. The highest BCUT2D eigenvalue weighted by molar-refractivity contribution is 14.0. The standard InChI is InChI=1S/C16H27N3O2.HI/c1-11-8-14(12(2)21-11)16(3,20)10-19-15(17-4)18-9-13-6-5-7-13;/h8,13,20H,5-7,9-10H2,1-4H3,(H2,17,18,19);1H. The lowest BCUT2D eigenvalue weighted by Crippen LogP contribution is -2.46. The van der Waals surface area contributed by atoms with Crippen LogP contribution in [0.4, 0.5) is 0 Å². The molecular weight excluding hydrogens is 393 g/mol. The van der Waals surface area contributed by atoms with Crippen LogP contribution in [0.25, 0.3) is 0 Å². The van der Waals surface area contributed by atoms with Crippen LogP contribution in [0.5, 0.6) is 0 Å². The molecule has 1 aliphatic carbocycles. The molecule has 0 radical (unpaired) electrons. The fourth-order valence-electron chi connectivity index (χ4n) is 2.68. The molecule has 0 spiro atoms. The Labute approximate surface area is 150 Å². The van der Waals surface area contributed by atoms with Crippen LogP contribution in [-0.4, -0.2) is 31.2 Å². The minimum Gasteiger partial charge on any atom is -0.466 e. The molecule has 1 saturated carbocycles. The molecule has 0 bridgehead atoms. The molecule has 0 saturated heterocycles. The Kier molecular flexibility index (Phi) is 7.18. The predicted octanol–water partition coefficient (Wildman–Crippen LogP) is 2.69. The summed E-state index contributed by atoms with van der Waals surface area (Å²) in [6.07, 6.45) is 3.94. The molecule has 1 atom stereocenters. The molecule has 1 aliphatic rings. The third-order valence-electron chi connectivity index (χ3n) is 4.23. The molecule has 6 heteroatoms. The van der Waals surface area contributed by atoms with Gasteiger partial charge in [-0.3, -0.25) is 4.99 Å². The molecule has 1 aromatic heterocycles. The van der Waals surface area contributed by atoms with Crippen molar-refractivity contribution in [3.05, 3.63) is 23.2 Å². The van der Waals surface area contributed by atoms with E-state index >= 15 is 0 Å². The summed E-state index contributed by atoms with van der Waals surface area (Å²) in [7, 11) is 1.75. The summed E-state index contributed by atoms with van der Waals surface area (Å²) in [5.41, 5.74) is -0.169. The molecule has 0 aliphatic heterocycles. The number of furan rings is 1. The summed E-state index contributed by atoms with van der Waals surface area (Å²) in [6, 6.07) is 1.89. The number of rotatable bonds is 5. The summed E-state index contributed by atoms with van der Waals surface area (Å²) >= 11 is 0. The van der Waals surface area contributed by atoms with E-state index in [4.69, 9.17) is 4.42 Å². The second kappa shape index (κ2) is 8.19. The molecule has 5 nitrogen and oxygen atoms in total. The average molecular weight is 421 g/mol. The fourth-order valence-corrected chi connectivity index (χ4v) is 2.68. The first kappa shape index (κ1) is 19.3. The normalized spacial score (nSPS) is 18.1. The third-order valence-corrected chi connectivity index (χ3v) is 4.23. The van der Waals surface area contributed by atoms with Crippen LogP contribution in [0.1, 0.15) is 43.3 Å². The minimum absolute atomic E-state index is 0. The number of hydrogen-bond acceptors (Lipinski definition) is 3. The van der Waals surface area contributed by atoms with Gasteiger partial charge in [0, 0.05) is 19.2 Å². The highest BCUT2D eigenvalue weighted by atomic mass is 127. The molecular formula is C16H28IN3O2. The molecule has 1 fully saturated rings. The van der Waals surface area contributed by atoms with E-state index in [9.17, 15) is 5.11 Å². The molecule has 0 aromatic carbocycles. The average Bonchev–Trinajstić information content (AvgIpc) is 2.71. The van der Waals surface area contributed by atoms with Crippen molar-refractivity contribution in [2.24, 2.45) is 10.9 Å². The second-order valence-corrected chi connectivity index (χ2v) is 6.20. The van der Waals surface area contributed by atoms with E-state index in [-0.39, 0.29) is 24.0 Å². The maximum absolute atomic E-state index is 10.7. The number of aryl methyl sites for hydroxylation is 2. The van der Waals surface area contributed by atoms with E-state index in [1.54, 1.807) is 14.0 Å². The SMILES string of the molecule is CN=C(NCC1CCC1)NCC(C)(O)c1cc(C)oc1C.I. The molecule has 1 unspecified atom stereocenters. The number of hydrogen-bond donors (Lipinski definition) is 3. The maximum atomic E-state index is 10.7. The number of aliphatic hydroxyl groups is 1. The van der Waals surface area contributed by atoms with Gasteiger partial charge in [0.05, 0.1) is 6.54 Å². The number of guanidine groups is 1. The first-order valence-electron chi connectivity index (χ1n) is 7.67. The quantitative estimate of drug-likeness (QED) is 0.389. The Morgan fingerprint density at radius 3 is 2.55 bits per heavy atom. The van der Waals surface area contributed by atoms with E-state index in [0.29, 0.717) is 6.54 Å². The highest BCUT2D eigenvalue weighted by Gasteiger charge is 2.28. The van der Waals surface area contributed by atoms with Gasteiger partial charge in [-0.2, -0.15) is 0 Å². The van der Waals surface area contributed by atoms with E-state index in [2.05, 4.69) is 15.6 Å². The van der Waals surface area contributed by atoms with Gasteiger partial charge >= 0.3 is 0 Å². The van der Waals surface area contributed by atoms with Crippen molar-refractivity contribution >= 4 is 29.9 Å². The monoisotopic (exact) mass is 421 g/mol. The van der Waals surface area contributed by atoms with Crippen molar-refractivity contribution in [2.75, 3.05) is 20.1 Å². The topological polar surface area (TPSA) is 69.8 Å². The Hall–Kier alpha value is -0.760. The van der Waals surface area contributed by atoms with E-state index in [0.717, 1.165) is 35.5 Å². The molecule has 22 heavy (non-hydrogen) atoms. The number of nitrogens with one attached hydrogen (secondary N) is 2. The summed E-state index contributed by atoms with van der Waals surface area (Å²) in [4.78, 5) is 4.20. The Morgan fingerprint density at radius 1 is 1.41 bits per heavy atom. The van der Waals surface area contributed by atoms with Crippen molar-refractivity contribution in [3.63, 3.8) is 0 Å². The lowest BCUT2D eigenvalue weighted by Gasteiger charge is -2.28. The van der Waals surface area contributed by atoms with Crippen LogP contribution in [0, 0.1) is 19.8 Å². The third kappa shape index (κ3) is 4.87. The molecule has 126 valence electrons. The lowest BCUT2D eigenvalue weighted by molar-refractivity contribution is 0.0601. The van der Waals surface area contributed by atoms with Crippen LogP contribution in [-0.2, 0) is 5.60 Å². The van der Waals surface area contributed by atoms with Crippen molar-refractivity contribution in [3.8, 4) is 0 Å². The smallest absolute Gasteiger partial charge is 0.191 e. The van der Waals surface area contributed by atoms with Gasteiger partial charge in [-0.1, -0.05) is 6.42 Å². The van der Waals surface area contributed by atoms with Gasteiger partial charge in [-0.05, 0) is 45.6 Å². The van der Waals surface area contributed by atoms with Crippen LogP contribution in [0.15, 0.2) is 15.5 Å². The van der Waals surface area contributed by atoms with Crippen molar-refractivity contribution < 1.29 is 9.52 Å². The highest BCUT2D eigenvalue weighted by Crippen LogP contribution is 2.26. The van der Waals surface area contributed by atoms with Crippen molar-refractivity contribution in [1.29, 1.82) is 0 Å². The number of nitrogens with zero attached hydrogens (tertiary/aromatic N) is 1. The zero-order valence-electron chi connectivity index (χ0n) is 13.9. The predicted molar refractivity (Wildman–Crippen MR) is 99.9 cm³/mol. The van der Waals surface area contributed by atoms with Crippen LogP contribution in [0.3, 0.4) is 0 Å².